The summed E-state index contributed by atoms with van der Waals surface area (Å²) in [6, 6.07) is 12.0. The average Bonchev–Trinajstić information content (AvgIpc) is 3.09. The van der Waals surface area contributed by atoms with Crippen molar-refractivity contribution in [2.45, 2.75) is 30.3 Å². The van der Waals surface area contributed by atoms with Gasteiger partial charge in [0.2, 0.25) is 5.91 Å². The van der Waals surface area contributed by atoms with Crippen LogP contribution in [0.4, 0.5) is 4.79 Å². The molecular formula is C23H26ClN3O7S. The van der Waals surface area contributed by atoms with Gasteiger partial charge in [-0.25, -0.2) is 18.7 Å². The number of aliphatic hydroxyl groups is 1. The summed E-state index contributed by atoms with van der Waals surface area (Å²) >= 11 is 6.06. The first kappa shape index (κ1) is 26.6. The van der Waals surface area contributed by atoms with Gasteiger partial charge in [-0.2, -0.15) is 0 Å². The van der Waals surface area contributed by atoms with Gasteiger partial charge < -0.3 is 10.0 Å². The summed E-state index contributed by atoms with van der Waals surface area (Å²) in [5.74, 6) is -3.39. The summed E-state index contributed by atoms with van der Waals surface area (Å²) in [5.41, 5.74) is -0.764. The van der Waals surface area contributed by atoms with E-state index in [1.807, 2.05) is 6.92 Å². The molecule has 2 aromatic rings. The standard InChI is InChI=1S/C23H26ClN3O7S/c1-2-3-11-26-13-20(28)27(22(26)30)14-23(31,21(29)25-32)15-35(33,34)19-12-17(24)9-10-18(19)16-7-5-4-6-8-16/h4-10,12,31-32H,2-3,11,13-15H2,1H3,(H,25,29). The van der Waals surface area contributed by atoms with Gasteiger partial charge in [-0.3, -0.25) is 19.7 Å². The number of β-amino-alcohol motifs (C(OH)–C–C–N with tert-alkyl or cyclic N) is 1. The van der Waals surface area contributed by atoms with Crippen molar-refractivity contribution in [1.29, 1.82) is 0 Å². The molecule has 35 heavy (non-hydrogen) atoms. The molecular weight excluding hydrogens is 498 g/mol. The number of rotatable bonds is 10. The number of hydrogen-bond donors (Lipinski definition) is 3. The SMILES string of the molecule is CCCCN1CC(=O)N(CC(O)(CS(=O)(=O)c2cc(Cl)ccc2-c2ccccc2)C(=O)NO)C1=O. The molecule has 0 radical (unpaired) electrons. The third kappa shape index (κ3) is 5.81. The minimum atomic E-state index is -4.45. The van der Waals surface area contributed by atoms with Crippen molar-refractivity contribution < 1.29 is 33.1 Å². The molecule has 0 aromatic heterocycles. The summed E-state index contributed by atoms with van der Waals surface area (Å²) in [5, 5.41) is 20.4. The summed E-state index contributed by atoms with van der Waals surface area (Å²) in [6.45, 7) is 0.993. The molecule has 0 aliphatic carbocycles. The summed E-state index contributed by atoms with van der Waals surface area (Å²) < 4.78 is 27.0. The Morgan fingerprint density at radius 1 is 1.17 bits per heavy atom. The lowest BCUT2D eigenvalue weighted by atomic mass is 10.1. The van der Waals surface area contributed by atoms with Crippen LogP contribution in [0, 0.1) is 0 Å². The van der Waals surface area contributed by atoms with Crippen molar-refractivity contribution in [1.82, 2.24) is 15.3 Å². The third-order valence-corrected chi connectivity index (χ3v) is 7.75. The number of unbranched alkanes of at least 4 members (excludes halogenated alkanes) is 1. The average molecular weight is 524 g/mol. The Labute approximate surface area is 208 Å². The molecule has 0 spiro atoms. The molecule has 1 aliphatic heterocycles. The Morgan fingerprint density at radius 2 is 1.86 bits per heavy atom. The number of nitrogens with one attached hydrogen (secondary N) is 1. The van der Waals surface area contributed by atoms with Gasteiger partial charge in [0.15, 0.2) is 15.4 Å². The van der Waals surface area contributed by atoms with E-state index >= 15 is 0 Å². The zero-order valence-corrected chi connectivity index (χ0v) is 20.6. The summed E-state index contributed by atoms with van der Waals surface area (Å²) in [7, 11) is -4.45. The molecule has 1 atom stereocenters. The number of imide groups is 1. The molecule has 0 saturated carbocycles. The summed E-state index contributed by atoms with van der Waals surface area (Å²) in [4.78, 5) is 39.2. The number of carbonyl (C=O) groups excluding carboxylic acids is 3. The summed E-state index contributed by atoms with van der Waals surface area (Å²) in [6.07, 6.45) is 1.41. The molecule has 1 fully saturated rings. The highest BCUT2D eigenvalue weighted by Crippen LogP contribution is 2.32. The predicted molar refractivity (Wildman–Crippen MR) is 127 cm³/mol. The Balaban J connectivity index is 1.97. The van der Waals surface area contributed by atoms with E-state index in [4.69, 9.17) is 11.6 Å². The van der Waals surface area contributed by atoms with E-state index in [0.29, 0.717) is 23.4 Å². The van der Waals surface area contributed by atoms with Gasteiger partial charge >= 0.3 is 6.03 Å². The highest BCUT2D eigenvalue weighted by molar-refractivity contribution is 7.91. The molecule has 3 N–H and O–H groups in total. The van der Waals surface area contributed by atoms with Gasteiger partial charge in [-0.15, -0.1) is 0 Å². The number of nitrogens with zero attached hydrogens (tertiary/aromatic N) is 2. The third-order valence-electron chi connectivity index (χ3n) is 5.65. The molecule has 188 valence electrons. The van der Waals surface area contributed by atoms with E-state index < -0.39 is 45.6 Å². The van der Waals surface area contributed by atoms with Gasteiger partial charge in [0.05, 0.1) is 17.2 Å². The van der Waals surface area contributed by atoms with Crippen molar-refractivity contribution in [2.75, 3.05) is 25.4 Å². The normalized spacial score (nSPS) is 15.9. The highest BCUT2D eigenvalue weighted by atomic mass is 35.5. The second-order valence-corrected chi connectivity index (χ2v) is 10.7. The largest absolute Gasteiger partial charge is 0.377 e. The van der Waals surface area contributed by atoms with E-state index in [-0.39, 0.29) is 22.0 Å². The van der Waals surface area contributed by atoms with Crippen LogP contribution in [-0.4, -0.2) is 77.4 Å². The van der Waals surface area contributed by atoms with E-state index in [2.05, 4.69) is 0 Å². The van der Waals surface area contributed by atoms with Crippen LogP contribution in [-0.2, 0) is 19.4 Å². The van der Waals surface area contributed by atoms with Crippen LogP contribution in [0.2, 0.25) is 5.02 Å². The van der Waals surface area contributed by atoms with Crippen LogP contribution in [0.5, 0.6) is 0 Å². The van der Waals surface area contributed by atoms with Gasteiger partial charge in [0, 0.05) is 17.1 Å². The first-order valence-corrected chi connectivity index (χ1v) is 12.9. The Kier molecular flexibility index (Phi) is 8.16. The number of hydroxylamine groups is 1. The van der Waals surface area contributed by atoms with Gasteiger partial charge in [0.1, 0.15) is 6.54 Å². The zero-order chi connectivity index (χ0) is 25.8. The Bertz CT molecular complexity index is 1220. The van der Waals surface area contributed by atoms with E-state index in [0.717, 1.165) is 6.42 Å². The Hall–Kier alpha value is -2.99. The number of benzene rings is 2. The number of amides is 4. The fraction of sp³-hybridized carbons (Fsp3) is 0.348. The monoisotopic (exact) mass is 523 g/mol. The fourth-order valence-corrected chi connectivity index (χ4v) is 5.89. The quantitative estimate of drug-likeness (QED) is 0.245. The first-order chi connectivity index (χ1) is 16.5. The maximum Gasteiger partial charge on any atom is 0.327 e. The van der Waals surface area contributed by atoms with Crippen molar-refractivity contribution in [3.63, 3.8) is 0 Å². The zero-order valence-electron chi connectivity index (χ0n) is 19.0. The smallest absolute Gasteiger partial charge is 0.327 e. The molecule has 1 unspecified atom stereocenters. The maximum absolute atomic E-state index is 13.5. The second-order valence-electron chi connectivity index (χ2n) is 8.28. The first-order valence-electron chi connectivity index (χ1n) is 10.9. The van der Waals surface area contributed by atoms with Gasteiger partial charge in [-0.05, 0) is 24.1 Å². The number of carbonyl (C=O) groups is 3. The van der Waals surface area contributed by atoms with E-state index in [9.17, 15) is 33.1 Å². The highest BCUT2D eigenvalue weighted by Gasteiger charge is 2.48. The van der Waals surface area contributed by atoms with E-state index in [1.165, 1.54) is 28.6 Å². The predicted octanol–water partition coefficient (Wildman–Crippen LogP) is 2.08. The molecule has 1 saturated heterocycles. The number of halogens is 1. The lowest BCUT2D eigenvalue weighted by Gasteiger charge is -2.29. The lowest BCUT2D eigenvalue weighted by Crippen LogP contribution is -2.58. The molecule has 10 nitrogen and oxygen atoms in total. The van der Waals surface area contributed by atoms with Crippen LogP contribution in [0.15, 0.2) is 53.4 Å². The van der Waals surface area contributed by atoms with Crippen LogP contribution in [0.3, 0.4) is 0 Å². The van der Waals surface area contributed by atoms with Crippen molar-refractivity contribution >= 4 is 39.3 Å². The molecule has 0 bridgehead atoms. The van der Waals surface area contributed by atoms with E-state index in [1.54, 1.807) is 30.3 Å². The topological polar surface area (TPSA) is 144 Å². The Morgan fingerprint density at radius 3 is 2.49 bits per heavy atom. The lowest BCUT2D eigenvalue weighted by molar-refractivity contribution is -0.148. The molecule has 1 heterocycles. The van der Waals surface area contributed by atoms with Crippen LogP contribution < -0.4 is 5.48 Å². The molecule has 4 amide bonds. The molecule has 1 aliphatic rings. The molecule has 2 aromatic carbocycles. The van der Waals surface area contributed by atoms with Gasteiger partial charge in [-0.1, -0.05) is 61.3 Å². The van der Waals surface area contributed by atoms with Crippen molar-refractivity contribution in [2.24, 2.45) is 0 Å². The van der Waals surface area contributed by atoms with Gasteiger partial charge in [0.25, 0.3) is 5.91 Å². The van der Waals surface area contributed by atoms with Crippen molar-refractivity contribution in [3.05, 3.63) is 53.6 Å². The number of hydrogen-bond acceptors (Lipinski definition) is 7. The fourth-order valence-electron chi connectivity index (χ4n) is 3.82. The minimum absolute atomic E-state index is 0.106. The van der Waals surface area contributed by atoms with Crippen molar-refractivity contribution in [3.8, 4) is 11.1 Å². The molecule has 12 heteroatoms. The second kappa shape index (κ2) is 10.7. The van der Waals surface area contributed by atoms with Crippen LogP contribution >= 0.6 is 11.6 Å². The number of urea groups is 1. The minimum Gasteiger partial charge on any atom is -0.377 e. The number of sulfone groups is 1. The molecule has 3 rings (SSSR count). The maximum atomic E-state index is 13.5. The van der Waals surface area contributed by atoms with Crippen LogP contribution in [0.1, 0.15) is 19.8 Å². The van der Waals surface area contributed by atoms with Crippen LogP contribution in [0.25, 0.3) is 11.1 Å².